The van der Waals surface area contributed by atoms with Crippen LogP contribution in [-0.4, -0.2) is 34.1 Å². The average Bonchev–Trinajstić information content (AvgIpc) is 2.65. The number of nitrogens with zero attached hydrogens (tertiary/aromatic N) is 1. The van der Waals surface area contributed by atoms with E-state index in [1.54, 1.807) is 49.4 Å². The molecule has 0 aliphatic rings. The van der Waals surface area contributed by atoms with Crippen molar-refractivity contribution in [2.75, 3.05) is 24.1 Å². The first-order valence-corrected chi connectivity index (χ1v) is 9.91. The fraction of sp³-hybridized carbons (Fsp3) is 0.250. The molecule has 2 aromatic carbocycles. The lowest BCUT2D eigenvalue weighted by Gasteiger charge is -2.24. The fourth-order valence-electron chi connectivity index (χ4n) is 2.36. The van der Waals surface area contributed by atoms with Gasteiger partial charge in [-0.05, 0) is 38.1 Å². The molecule has 0 bridgehead atoms. The summed E-state index contributed by atoms with van der Waals surface area (Å²) in [4.78, 5) is 12.1. The van der Waals surface area contributed by atoms with Crippen molar-refractivity contribution in [1.82, 2.24) is 0 Å². The second-order valence-corrected chi connectivity index (χ2v) is 7.59. The summed E-state index contributed by atoms with van der Waals surface area (Å²) in [6, 6.07) is 13.0. The molecule has 0 amide bonds. The Morgan fingerprint density at radius 2 is 1.89 bits per heavy atom. The number of hydrogen-bond donors (Lipinski definition) is 0. The third-order valence-electron chi connectivity index (χ3n) is 3.66. The van der Waals surface area contributed by atoms with Gasteiger partial charge in [0.25, 0.3) is 10.0 Å². The van der Waals surface area contributed by atoms with Crippen molar-refractivity contribution in [2.45, 2.75) is 18.7 Å². The van der Waals surface area contributed by atoms with E-state index in [1.807, 2.05) is 6.92 Å². The quantitative estimate of drug-likeness (QED) is 0.486. The molecular weight excluding hydrogens is 366 g/mol. The van der Waals surface area contributed by atoms with Gasteiger partial charge in [-0.2, -0.15) is 0 Å². The fourth-order valence-corrected chi connectivity index (χ4v) is 3.76. The van der Waals surface area contributed by atoms with Gasteiger partial charge < -0.3 is 9.47 Å². The van der Waals surface area contributed by atoms with Crippen molar-refractivity contribution >= 4 is 21.7 Å². The maximum atomic E-state index is 13.2. The van der Waals surface area contributed by atoms with Crippen LogP contribution in [0.5, 0.6) is 5.75 Å². The van der Waals surface area contributed by atoms with Gasteiger partial charge >= 0.3 is 5.97 Å². The highest BCUT2D eigenvalue weighted by atomic mass is 32.2. The zero-order valence-electron chi connectivity index (χ0n) is 15.4. The molecule has 0 saturated heterocycles. The largest absolute Gasteiger partial charge is 0.489 e. The molecule has 0 radical (unpaired) electrons. The molecule has 0 aliphatic carbocycles. The number of carbonyl (C=O) groups excluding carboxylic acids is 1. The summed E-state index contributed by atoms with van der Waals surface area (Å²) in [5.74, 6) is -0.161. The Bertz CT molecular complexity index is 891. The van der Waals surface area contributed by atoms with Crippen molar-refractivity contribution < 1.29 is 22.7 Å². The van der Waals surface area contributed by atoms with Crippen LogP contribution in [0, 0.1) is 6.92 Å². The summed E-state index contributed by atoms with van der Waals surface area (Å²) in [6.07, 6.45) is 1.59. The van der Waals surface area contributed by atoms with Crippen molar-refractivity contribution in [2.24, 2.45) is 0 Å². The molecule has 2 aromatic rings. The van der Waals surface area contributed by atoms with Gasteiger partial charge in [0.15, 0.2) is 0 Å². The molecule has 0 fully saturated rings. The molecule has 0 saturated carbocycles. The minimum atomic E-state index is -3.96. The van der Waals surface area contributed by atoms with Crippen LogP contribution >= 0.6 is 0 Å². The Kier molecular flexibility index (Phi) is 7.01. The topological polar surface area (TPSA) is 72.9 Å². The van der Waals surface area contributed by atoms with E-state index in [0.717, 1.165) is 9.87 Å². The lowest BCUT2D eigenvalue weighted by molar-refractivity contribution is -0.141. The smallest absolute Gasteiger partial charge is 0.326 e. The molecule has 2 rings (SSSR count). The van der Waals surface area contributed by atoms with Crippen LogP contribution in [-0.2, 0) is 19.6 Å². The van der Waals surface area contributed by atoms with Crippen molar-refractivity contribution in [3.63, 3.8) is 0 Å². The van der Waals surface area contributed by atoms with E-state index in [-0.39, 0.29) is 18.1 Å². The summed E-state index contributed by atoms with van der Waals surface area (Å²) in [7, 11) is -3.96. The molecule has 0 heterocycles. The molecule has 144 valence electrons. The first-order valence-electron chi connectivity index (χ1n) is 8.47. The third kappa shape index (κ3) is 5.34. The van der Waals surface area contributed by atoms with Gasteiger partial charge in [0.05, 0.1) is 17.2 Å². The van der Waals surface area contributed by atoms with Gasteiger partial charge in [-0.3, -0.25) is 9.10 Å². The highest BCUT2D eigenvalue weighted by Crippen LogP contribution is 2.27. The Labute approximate surface area is 160 Å². The summed E-state index contributed by atoms with van der Waals surface area (Å²) in [5, 5.41) is 0. The number of ether oxygens (including phenoxy) is 2. The highest BCUT2D eigenvalue weighted by molar-refractivity contribution is 7.92. The number of aryl methyl sites for hydroxylation is 1. The van der Waals surface area contributed by atoms with E-state index in [1.165, 1.54) is 12.1 Å². The normalized spacial score (nSPS) is 10.9. The Hall–Kier alpha value is -2.80. The lowest BCUT2D eigenvalue weighted by Crippen LogP contribution is -2.36. The molecular formula is C20H23NO5S. The molecule has 0 N–H and O–H groups in total. The first-order chi connectivity index (χ1) is 12.9. The summed E-state index contributed by atoms with van der Waals surface area (Å²) >= 11 is 0. The van der Waals surface area contributed by atoms with Gasteiger partial charge in [0.2, 0.25) is 0 Å². The molecule has 0 atom stereocenters. The zero-order chi connectivity index (χ0) is 19.9. The number of rotatable bonds is 9. The molecule has 0 aliphatic heterocycles. The monoisotopic (exact) mass is 389 g/mol. The standard InChI is InChI=1S/C20H23NO5S/c1-4-13-26-18-8-6-7-17(14-18)21(15-20(22)25-5-2)27(23,24)19-11-9-16(3)10-12-19/h4,6-12,14H,1,5,13,15H2,2-3H3. The molecule has 0 aromatic heterocycles. The van der Waals surface area contributed by atoms with Gasteiger partial charge in [0.1, 0.15) is 18.9 Å². The molecule has 6 nitrogen and oxygen atoms in total. The van der Waals surface area contributed by atoms with E-state index in [9.17, 15) is 13.2 Å². The highest BCUT2D eigenvalue weighted by Gasteiger charge is 2.28. The van der Waals surface area contributed by atoms with Crippen LogP contribution in [0.1, 0.15) is 12.5 Å². The number of carbonyl (C=O) groups is 1. The van der Waals surface area contributed by atoms with E-state index in [0.29, 0.717) is 11.4 Å². The SMILES string of the molecule is C=CCOc1cccc(N(CC(=O)OCC)S(=O)(=O)c2ccc(C)cc2)c1. The first kappa shape index (κ1) is 20.5. The van der Waals surface area contributed by atoms with Crippen molar-refractivity contribution in [1.29, 1.82) is 0 Å². The number of benzene rings is 2. The molecule has 0 spiro atoms. The molecule has 27 heavy (non-hydrogen) atoms. The van der Waals surface area contributed by atoms with E-state index in [2.05, 4.69) is 6.58 Å². The predicted molar refractivity (Wildman–Crippen MR) is 104 cm³/mol. The Balaban J connectivity index is 2.46. The Morgan fingerprint density at radius 3 is 2.52 bits per heavy atom. The Morgan fingerprint density at radius 1 is 1.19 bits per heavy atom. The van der Waals surface area contributed by atoms with Gasteiger partial charge in [-0.25, -0.2) is 8.42 Å². The van der Waals surface area contributed by atoms with Crippen LogP contribution in [0.4, 0.5) is 5.69 Å². The zero-order valence-corrected chi connectivity index (χ0v) is 16.2. The minimum Gasteiger partial charge on any atom is -0.489 e. The number of esters is 1. The van der Waals surface area contributed by atoms with Gasteiger partial charge in [0, 0.05) is 6.07 Å². The maximum Gasteiger partial charge on any atom is 0.326 e. The third-order valence-corrected chi connectivity index (χ3v) is 5.45. The lowest BCUT2D eigenvalue weighted by atomic mass is 10.2. The van der Waals surface area contributed by atoms with E-state index < -0.39 is 22.5 Å². The summed E-state index contributed by atoms with van der Waals surface area (Å²) in [5.41, 5.74) is 1.25. The predicted octanol–water partition coefficient (Wildman–Crippen LogP) is 3.32. The molecule has 7 heteroatoms. The van der Waals surface area contributed by atoms with E-state index in [4.69, 9.17) is 9.47 Å². The second-order valence-electron chi connectivity index (χ2n) is 5.73. The van der Waals surface area contributed by atoms with Crippen LogP contribution in [0.25, 0.3) is 0 Å². The number of sulfonamides is 1. The minimum absolute atomic E-state index is 0.0924. The van der Waals surface area contributed by atoms with Gasteiger partial charge in [-0.15, -0.1) is 0 Å². The maximum absolute atomic E-state index is 13.2. The van der Waals surface area contributed by atoms with Crippen LogP contribution in [0.3, 0.4) is 0 Å². The van der Waals surface area contributed by atoms with Crippen LogP contribution < -0.4 is 9.04 Å². The van der Waals surface area contributed by atoms with Crippen molar-refractivity contribution in [3.8, 4) is 5.75 Å². The van der Waals surface area contributed by atoms with Crippen molar-refractivity contribution in [3.05, 3.63) is 66.7 Å². The van der Waals surface area contributed by atoms with Crippen LogP contribution in [0.2, 0.25) is 0 Å². The number of hydrogen-bond acceptors (Lipinski definition) is 5. The second kappa shape index (κ2) is 9.23. The van der Waals surface area contributed by atoms with Crippen LogP contribution in [0.15, 0.2) is 66.1 Å². The van der Waals surface area contributed by atoms with Gasteiger partial charge in [-0.1, -0.05) is 36.4 Å². The number of anilines is 1. The van der Waals surface area contributed by atoms with E-state index >= 15 is 0 Å². The molecule has 0 unspecified atom stereocenters. The average molecular weight is 389 g/mol. The summed E-state index contributed by atoms with van der Waals surface area (Å²) in [6.45, 7) is 7.14. The summed E-state index contributed by atoms with van der Waals surface area (Å²) < 4.78 is 37.8.